The standard InChI is InChI=1S/C23H34O7/c1-17(25)29-20-16-21(30-23-13-7-8-15-28-23)19(11-9-14-24)18(20)10-5-3-4-6-12-22(26)27-2/h3,5,9,11,14,18-21,23H,4,6-8,10,12-13,15-16H2,1-2H3/b5-3-,11-9?/t18-,19-,20+,21-,23?/m0/s1. The highest BCUT2D eigenvalue weighted by atomic mass is 16.7. The van der Waals surface area contributed by atoms with Crippen LogP contribution >= 0.6 is 0 Å². The van der Waals surface area contributed by atoms with E-state index in [1.165, 1.54) is 20.1 Å². The van der Waals surface area contributed by atoms with Gasteiger partial charge in [0.25, 0.3) is 0 Å². The zero-order valence-corrected chi connectivity index (χ0v) is 18.0. The van der Waals surface area contributed by atoms with Crippen molar-refractivity contribution in [3.05, 3.63) is 24.3 Å². The molecule has 0 aromatic carbocycles. The van der Waals surface area contributed by atoms with Crippen LogP contribution in [0.25, 0.3) is 0 Å². The molecular formula is C23H34O7. The molecule has 5 atom stereocenters. The number of ether oxygens (including phenoxy) is 4. The molecule has 7 nitrogen and oxygen atoms in total. The third-order valence-corrected chi connectivity index (χ3v) is 5.61. The van der Waals surface area contributed by atoms with Crippen LogP contribution in [0.1, 0.15) is 58.3 Å². The lowest BCUT2D eigenvalue weighted by molar-refractivity contribution is -0.193. The van der Waals surface area contributed by atoms with Crippen LogP contribution < -0.4 is 0 Å². The highest BCUT2D eigenvalue weighted by Gasteiger charge is 2.44. The van der Waals surface area contributed by atoms with E-state index in [9.17, 15) is 14.4 Å². The SMILES string of the molecule is COC(=O)CCC/C=C\C[C@H]1[C@H](C=CC=O)[C@@H](OC2CCCCO2)C[C@H]1OC(C)=O. The molecule has 0 aromatic rings. The van der Waals surface area contributed by atoms with E-state index in [4.69, 9.17) is 14.2 Å². The highest BCUT2D eigenvalue weighted by molar-refractivity contribution is 5.69. The van der Waals surface area contributed by atoms with Gasteiger partial charge >= 0.3 is 11.9 Å². The molecule has 2 aliphatic rings. The van der Waals surface area contributed by atoms with Crippen molar-refractivity contribution in [1.29, 1.82) is 0 Å². The normalized spacial score (nSPS) is 29.3. The molecule has 0 bridgehead atoms. The molecule has 2 rings (SSSR count). The molecule has 2 fully saturated rings. The number of hydrogen-bond acceptors (Lipinski definition) is 7. The van der Waals surface area contributed by atoms with Crippen molar-refractivity contribution in [2.75, 3.05) is 13.7 Å². The first-order chi connectivity index (χ1) is 14.5. The summed E-state index contributed by atoms with van der Waals surface area (Å²) >= 11 is 0. The predicted octanol–water partition coefficient (Wildman–Crippen LogP) is 3.51. The zero-order valence-electron chi connectivity index (χ0n) is 18.0. The smallest absolute Gasteiger partial charge is 0.305 e. The molecule has 1 saturated heterocycles. The highest BCUT2D eigenvalue weighted by Crippen LogP contribution is 2.41. The van der Waals surface area contributed by atoms with Gasteiger partial charge in [0.1, 0.15) is 12.4 Å². The number of carbonyl (C=O) groups is 3. The monoisotopic (exact) mass is 422 g/mol. The maximum absolute atomic E-state index is 11.6. The fourth-order valence-electron chi connectivity index (χ4n) is 4.18. The third kappa shape index (κ3) is 8.03. The molecule has 1 aliphatic carbocycles. The fraction of sp³-hybridized carbons (Fsp3) is 0.696. The molecule has 0 radical (unpaired) electrons. The van der Waals surface area contributed by atoms with Gasteiger partial charge in [-0.25, -0.2) is 0 Å². The van der Waals surface area contributed by atoms with E-state index < -0.39 is 0 Å². The number of unbranched alkanes of at least 4 members (excludes halogenated alkanes) is 1. The molecule has 1 heterocycles. The third-order valence-electron chi connectivity index (χ3n) is 5.61. The van der Waals surface area contributed by atoms with Gasteiger partial charge in [0.2, 0.25) is 0 Å². The second-order valence-corrected chi connectivity index (χ2v) is 7.79. The molecule has 1 aliphatic heterocycles. The van der Waals surface area contributed by atoms with Crippen molar-refractivity contribution in [2.45, 2.75) is 76.8 Å². The molecule has 0 aromatic heterocycles. The summed E-state index contributed by atoms with van der Waals surface area (Å²) in [6, 6.07) is 0. The Bertz CT molecular complexity index is 607. The van der Waals surface area contributed by atoms with Crippen molar-refractivity contribution in [1.82, 2.24) is 0 Å². The minimum atomic E-state index is -0.320. The van der Waals surface area contributed by atoms with Crippen LogP contribution in [0.4, 0.5) is 0 Å². The Labute approximate surface area is 178 Å². The first-order valence-electron chi connectivity index (χ1n) is 10.8. The summed E-state index contributed by atoms with van der Waals surface area (Å²) in [5.74, 6) is -0.571. The Morgan fingerprint density at radius 1 is 1.17 bits per heavy atom. The summed E-state index contributed by atoms with van der Waals surface area (Å²) in [4.78, 5) is 33.8. The lowest BCUT2D eigenvalue weighted by Gasteiger charge is -2.28. The quantitative estimate of drug-likeness (QED) is 0.165. The molecule has 0 N–H and O–H groups in total. The van der Waals surface area contributed by atoms with E-state index in [2.05, 4.69) is 10.8 Å². The minimum Gasteiger partial charge on any atom is -0.469 e. The average Bonchev–Trinajstić information content (AvgIpc) is 3.04. The molecule has 30 heavy (non-hydrogen) atoms. The van der Waals surface area contributed by atoms with Crippen molar-refractivity contribution in [3.8, 4) is 0 Å². The van der Waals surface area contributed by atoms with Gasteiger partial charge in [0.05, 0.1) is 13.2 Å². The predicted molar refractivity (Wildman–Crippen MR) is 110 cm³/mol. The van der Waals surface area contributed by atoms with Crippen molar-refractivity contribution < 1.29 is 33.3 Å². The number of methoxy groups -OCH3 is 1. The van der Waals surface area contributed by atoms with Crippen LogP contribution in [0.3, 0.4) is 0 Å². The maximum atomic E-state index is 11.6. The van der Waals surface area contributed by atoms with Crippen LogP contribution in [-0.4, -0.2) is 50.4 Å². The zero-order chi connectivity index (χ0) is 21.8. The van der Waals surface area contributed by atoms with Crippen LogP contribution in [0.5, 0.6) is 0 Å². The van der Waals surface area contributed by atoms with E-state index >= 15 is 0 Å². The van der Waals surface area contributed by atoms with Gasteiger partial charge in [-0.2, -0.15) is 0 Å². The van der Waals surface area contributed by atoms with Gasteiger partial charge in [-0.1, -0.05) is 18.2 Å². The Morgan fingerprint density at radius 2 is 2.00 bits per heavy atom. The van der Waals surface area contributed by atoms with Gasteiger partial charge in [0, 0.05) is 38.2 Å². The van der Waals surface area contributed by atoms with E-state index in [1.54, 1.807) is 0 Å². The van der Waals surface area contributed by atoms with Crippen LogP contribution in [0.2, 0.25) is 0 Å². The van der Waals surface area contributed by atoms with Crippen LogP contribution in [0, 0.1) is 11.8 Å². The van der Waals surface area contributed by atoms with E-state index in [1.807, 2.05) is 12.2 Å². The Hall–Kier alpha value is -1.99. The molecule has 7 heteroatoms. The van der Waals surface area contributed by atoms with Crippen molar-refractivity contribution in [3.63, 3.8) is 0 Å². The summed E-state index contributed by atoms with van der Waals surface area (Å²) in [7, 11) is 1.39. The fourth-order valence-corrected chi connectivity index (χ4v) is 4.18. The molecule has 0 spiro atoms. The van der Waals surface area contributed by atoms with Gasteiger partial charge in [-0.15, -0.1) is 0 Å². The first-order valence-corrected chi connectivity index (χ1v) is 10.8. The summed E-state index contributed by atoms with van der Waals surface area (Å²) in [6.45, 7) is 2.10. The number of allylic oxidation sites excluding steroid dienone is 3. The second kappa shape index (κ2) is 13.3. The summed E-state index contributed by atoms with van der Waals surface area (Å²) in [6.07, 6.45) is 13.6. The Kier molecular flexibility index (Phi) is 10.8. The van der Waals surface area contributed by atoms with E-state index in [-0.39, 0.29) is 42.3 Å². The number of carbonyl (C=O) groups excluding carboxylic acids is 3. The van der Waals surface area contributed by atoms with E-state index in [0.717, 1.165) is 38.4 Å². The molecule has 1 unspecified atom stereocenters. The van der Waals surface area contributed by atoms with Crippen LogP contribution in [-0.2, 0) is 33.3 Å². The summed E-state index contributed by atoms with van der Waals surface area (Å²) < 4.78 is 22.2. The molecule has 0 amide bonds. The lowest BCUT2D eigenvalue weighted by Crippen LogP contribution is -2.30. The van der Waals surface area contributed by atoms with E-state index in [0.29, 0.717) is 25.9 Å². The topological polar surface area (TPSA) is 88.1 Å². The molecular weight excluding hydrogens is 388 g/mol. The van der Waals surface area contributed by atoms with Crippen LogP contribution in [0.15, 0.2) is 24.3 Å². The van der Waals surface area contributed by atoms with Gasteiger partial charge in [-0.05, 0) is 44.6 Å². The van der Waals surface area contributed by atoms with Gasteiger partial charge in [0.15, 0.2) is 6.29 Å². The van der Waals surface area contributed by atoms with Gasteiger partial charge < -0.3 is 18.9 Å². The Balaban J connectivity index is 2.02. The summed E-state index contributed by atoms with van der Waals surface area (Å²) in [5.41, 5.74) is 0. The van der Waals surface area contributed by atoms with Crippen molar-refractivity contribution in [2.24, 2.45) is 11.8 Å². The maximum Gasteiger partial charge on any atom is 0.305 e. The summed E-state index contributed by atoms with van der Waals surface area (Å²) in [5, 5.41) is 0. The Morgan fingerprint density at radius 3 is 2.67 bits per heavy atom. The average molecular weight is 423 g/mol. The minimum absolute atomic E-state index is 0.00977. The molecule has 1 saturated carbocycles. The molecule has 168 valence electrons. The lowest BCUT2D eigenvalue weighted by atomic mass is 9.89. The number of hydrogen-bond donors (Lipinski definition) is 0. The number of esters is 2. The second-order valence-electron chi connectivity index (χ2n) is 7.79. The number of aldehydes is 1. The first kappa shape index (κ1) is 24.3. The van der Waals surface area contributed by atoms with Gasteiger partial charge in [-0.3, -0.25) is 14.4 Å². The largest absolute Gasteiger partial charge is 0.469 e. The van der Waals surface area contributed by atoms with Crippen molar-refractivity contribution >= 4 is 18.2 Å². The number of rotatable bonds is 11.